The molecule has 1 saturated heterocycles. The largest absolute Gasteiger partial charge is 0.370 e. The predicted octanol–water partition coefficient (Wildman–Crippen LogP) is 2.38. The molecule has 5 nitrogen and oxygen atoms in total. The molecule has 2 rings (SSSR count). The van der Waals surface area contributed by atoms with Crippen molar-refractivity contribution in [2.45, 2.75) is 26.2 Å². The summed E-state index contributed by atoms with van der Waals surface area (Å²) in [7, 11) is 0. The van der Waals surface area contributed by atoms with Gasteiger partial charge in [-0.25, -0.2) is 4.98 Å². The monoisotopic (exact) mass is 310 g/mol. The number of aromatic nitrogens is 1. The third-order valence-electron chi connectivity index (χ3n) is 3.59. The summed E-state index contributed by atoms with van der Waals surface area (Å²) in [6.07, 6.45) is 5.07. The van der Waals surface area contributed by atoms with E-state index >= 15 is 0 Å². The number of carbonyl (C=O) groups is 1. The van der Waals surface area contributed by atoms with Crippen LogP contribution in [0.5, 0.6) is 0 Å². The Morgan fingerprint density at radius 1 is 1.43 bits per heavy atom. The van der Waals surface area contributed by atoms with Crippen molar-refractivity contribution in [3.05, 3.63) is 22.8 Å². The molecular weight excluding hydrogens is 288 g/mol. The SMILES string of the molecule is CCNc1cc(C(=O)NCCCN2CCCC2)c(Cl)cn1. The highest BCUT2D eigenvalue weighted by atomic mass is 35.5. The molecule has 0 spiro atoms. The first-order valence-corrected chi connectivity index (χ1v) is 7.98. The molecule has 1 fully saturated rings. The van der Waals surface area contributed by atoms with Crippen molar-refractivity contribution in [1.29, 1.82) is 0 Å². The molecule has 0 unspecified atom stereocenters. The van der Waals surface area contributed by atoms with E-state index in [0.29, 0.717) is 22.9 Å². The van der Waals surface area contributed by atoms with Gasteiger partial charge in [-0.2, -0.15) is 0 Å². The Balaban J connectivity index is 1.80. The fraction of sp³-hybridized carbons (Fsp3) is 0.600. The van der Waals surface area contributed by atoms with Gasteiger partial charge < -0.3 is 15.5 Å². The summed E-state index contributed by atoms with van der Waals surface area (Å²) >= 11 is 6.05. The topological polar surface area (TPSA) is 57.3 Å². The van der Waals surface area contributed by atoms with Crippen molar-refractivity contribution in [2.24, 2.45) is 0 Å². The first-order valence-electron chi connectivity index (χ1n) is 7.60. The number of nitrogens with zero attached hydrogens (tertiary/aromatic N) is 2. The van der Waals surface area contributed by atoms with Gasteiger partial charge in [-0.15, -0.1) is 0 Å². The van der Waals surface area contributed by atoms with Gasteiger partial charge in [0.2, 0.25) is 0 Å². The van der Waals surface area contributed by atoms with Crippen LogP contribution in [0.2, 0.25) is 5.02 Å². The Labute approximate surface area is 131 Å². The van der Waals surface area contributed by atoms with Crippen LogP contribution in [0.1, 0.15) is 36.5 Å². The minimum atomic E-state index is -0.136. The Morgan fingerprint density at radius 2 is 2.19 bits per heavy atom. The van der Waals surface area contributed by atoms with Crippen molar-refractivity contribution in [1.82, 2.24) is 15.2 Å². The molecule has 0 aromatic carbocycles. The normalized spacial score (nSPS) is 15.1. The minimum Gasteiger partial charge on any atom is -0.370 e. The van der Waals surface area contributed by atoms with E-state index in [9.17, 15) is 4.79 Å². The molecule has 1 aromatic rings. The van der Waals surface area contributed by atoms with E-state index < -0.39 is 0 Å². The Kier molecular flexibility index (Phi) is 6.26. The molecule has 2 heterocycles. The van der Waals surface area contributed by atoms with Gasteiger partial charge in [-0.3, -0.25) is 4.79 Å². The minimum absolute atomic E-state index is 0.136. The van der Waals surface area contributed by atoms with Crippen LogP contribution in [0.4, 0.5) is 5.82 Å². The molecule has 1 amide bonds. The third-order valence-corrected chi connectivity index (χ3v) is 3.89. The standard InChI is InChI=1S/C15H23ClN4O/c1-2-17-14-10-12(13(16)11-19-14)15(21)18-6-5-9-20-7-3-4-8-20/h10-11H,2-9H2,1H3,(H,17,19)(H,18,21). The van der Waals surface area contributed by atoms with Gasteiger partial charge in [-0.05, 0) is 51.9 Å². The van der Waals surface area contributed by atoms with Crippen LogP contribution in [0.25, 0.3) is 0 Å². The van der Waals surface area contributed by atoms with Gasteiger partial charge in [0.25, 0.3) is 5.91 Å². The van der Waals surface area contributed by atoms with Gasteiger partial charge >= 0.3 is 0 Å². The Bertz CT molecular complexity index is 475. The lowest BCUT2D eigenvalue weighted by atomic mass is 10.2. The summed E-state index contributed by atoms with van der Waals surface area (Å²) in [5, 5.41) is 6.39. The van der Waals surface area contributed by atoms with Gasteiger partial charge in [-0.1, -0.05) is 11.6 Å². The van der Waals surface area contributed by atoms with Crippen molar-refractivity contribution in [3.8, 4) is 0 Å². The molecule has 1 aromatic heterocycles. The lowest BCUT2D eigenvalue weighted by Gasteiger charge is -2.14. The van der Waals surface area contributed by atoms with Crippen molar-refractivity contribution >= 4 is 23.3 Å². The number of amides is 1. The predicted molar refractivity (Wildman–Crippen MR) is 86.0 cm³/mol. The van der Waals surface area contributed by atoms with Gasteiger partial charge in [0.1, 0.15) is 5.82 Å². The van der Waals surface area contributed by atoms with Gasteiger partial charge in [0.15, 0.2) is 0 Å². The number of hydrogen-bond acceptors (Lipinski definition) is 4. The Morgan fingerprint density at radius 3 is 2.90 bits per heavy atom. The second-order valence-corrected chi connectivity index (χ2v) is 5.65. The van der Waals surface area contributed by atoms with Crippen LogP contribution < -0.4 is 10.6 Å². The average Bonchev–Trinajstić information content (AvgIpc) is 2.99. The summed E-state index contributed by atoms with van der Waals surface area (Å²) in [4.78, 5) is 18.7. The zero-order valence-electron chi connectivity index (χ0n) is 12.5. The average molecular weight is 311 g/mol. The van der Waals surface area contributed by atoms with Crippen LogP contribution in [-0.4, -0.2) is 48.5 Å². The number of nitrogens with one attached hydrogen (secondary N) is 2. The molecule has 116 valence electrons. The number of carbonyl (C=O) groups excluding carboxylic acids is 1. The van der Waals surface area contributed by atoms with E-state index in [0.717, 1.165) is 19.5 Å². The summed E-state index contributed by atoms with van der Waals surface area (Å²) < 4.78 is 0. The van der Waals surface area contributed by atoms with E-state index in [4.69, 9.17) is 11.6 Å². The van der Waals surface area contributed by atoms with Crippen LogP contribution in [-0.2, 0) is 0 Å². The highest BCUT2D eigenvalue weighted by molar-refractivity contribution is 6.33. The highest BCUT2D eigenvalue weighted by Gasteiger charge is 2.13. The molecule has 0 saturated carbocycles. The van der Waals surface area contributed by atoms with Crippen LogP contribution in [0.3, 0.4) is 0 Å². The van der Waals surface area contributed by atoms with E-state index in [2.05, 4.69) is 20.5 Å². The zero-order valence-corrected chi connectivity index (χ0v) is 13.2. The number of hydrogen-bond donors (Lipinski definition) is 2. The van der Waals surface area contributed by atoms with E-state index in [1.54, 1.807) is 6.07 Å². The van der Waals surface area contributed by atoms with Crippen molar-refractivity contribution < 1.29 is 4.79 Å². The molecule has 0 radical (unpaired) electrons. The number of likely N-dealkylation sites (tertiary alicyclic amines) is 1. The molecular formula is C15H23ClN4O. The molecule has 21 heavy (non-hydrogen) atoms. The number of anilines is 1. The maximum absolute atomic E-state index is 12.2. The Hall–Kier alpha value is -1.33. The molecule has 0 aliphatic carbocycles. The molecule has 0 atom stereocenters. The van der Waals surface area contributed by atoms with E-state index in [-0.39, 0.29) is 5.91 Å². The second kappa shape index (κ2) is 8.20. The molecule has 0 bridgehead atoms. The quantitative estimate of drug-likeness (QED) is 0.759. The van der Waals surface area contributed by atoms with Crippen LogP contribution in [0.15, 0.2) is 12.3 Å². The summed E-state index contributed by atoms with van der Waals surface area (Å²) in [5.41, 5.74) is 0.476. The second-order valence-electron chi connectivity index (χ2n) is 5.24. The van der Waals surface area contributed by atoms with Gasteiger partial charge in [0, 0.05) is 19.3 Å². The van der Waals surface area contributed by atoms with E-state index in [1.165, 1.54) is 32.1 Å². The van der Waals surface area contributed by atoms with Crippen LogP contribution >= 0.6 is 11.6 Å². The summed E-state index contributed by atoms with van der Waals surface area (Å²) in [6, 6.07) is 1.70. The van der Waals surface area contributed by atoms with Crippen molar-refractivity contribution in [2.75, 3.05) is 38.0 Å². The first-order chi connectivity index (χ1) is 10.2. The summed E-state index contributed by atoms with van der Waals surface area (Å²) in [5.74, 6) is 0.534. The third kappa shape index (κ3) is 4.86. The molecule has 1 aliphatic heterocycles. The van der Waals surface area contributed by atoms with E-state index in [1.807, 2.05) is 6.92 Å². The fourth-order valence-electron chi connectivity index (χ4n) is 2.50. The lowest BCUT2D eigenvalue weighted by Crippen LogP contribution is -2.29. The van der Waals surface area contributed by atoms with Crippen LogP contribution in [0, 0.1) is 0 Å². The molecule has 6 heteroatoms. The fourth-order valence-corrected chi connectivity index (χ4v) is 2.69. The maximum Gasteiger partial charge on any atom is 0.252 e. The maximum atomic E-state index is 12.2. The smallest absolute Gasteiger partial charge is 0.252 e. The highest BCUT2D eigenvalue weighted by Crippen LogP contribution is 2.17. The lowest BCUT2D eigenvalue weighted by molar-refractivity contribution is 0.0952. The first kappa shape index (κ1) is 16.0. The number of rotatable bonds is 7. The van der Waals surface area contributed by atoms with Gasteiger partial charge in [0.05, 0.1) is 10.6 Å². The summed E-state index contributed by atoms with van der Waals surface area (Å²) in [6.45, 7) is 6.84. The number of halogens is 1. The zero-order chi connectivity index (χ0) is 15.1. The number of pyridine rings is 1. The van der Waals surface area contributed by atoms with Crippen molar-refractivity contribution in [3.63, 3.8) is 0 Å². The molecule has 1 aliphatic rings. The molecule has 2 N–H and O–H groups in total.